The minimum atomic E-state index is -4.05. The van der Waals surface area contributed by atoms with Gasteiger partial charge in [-0.3, -0.25) is 9.10 Å². The number of aromatic nitrogens is 2. The van der Waals surface area contributed by atoms with Crippen molar-refractivity contribution in [3.05, 3.63) is 78.6 Å². The molecule has 0 saturated heterocycles. The number of aryl methyl sites for hydroxylation is 2. The van der Waals surface area contributed by atoms with E-state index in [0.29, 0.717) is 25.2 Å². The monoisotopic (exact) mass is 430 g/mol. The van der Waals surface area contributed by atoms with Crippen LogP contribution in [0.15, 0.2) is 72.1 Å². The molecule has 0 fully saturated rings. The number of imidazole rings is 1. The van der Waals surface area contributed by atoms with Gasteiger partial charge in [0.05, 0.1) is 16.9 Å². The summed E-state index contributed by atoms with van der Waals surface area (Å²) in [5.41, 5.74) is 1.32. The van der Waals surface area contributed by atoms with Gasteiger partial charge >= 0.3 is 0 Å². The third-order valence-corrected chi connectivity index (χ3v) is 6.27. The molecule has 0 spiro atoms. The van der Waals surface area contributed by atoms with E-state index in [4.69, 9.17) is 0 Å². The Kier molecular flexibility index (Phi) is 6.83. The van der Waals surface area contributed by atoms with E-state index < -0.39 is 21.7 Å². The summed E-state index contributed by atoms with van der Waals surface area (Å²) in [7, 11) is -4.05. The lowest BCUT2D eigenvalue weighted by Crippen LogP contribution is -2.41. The molecule has 0 unspecified atom stereocenters. The first kappa shape index (κ1) is 21.5. The standard InChI is InChI=1S/C21H23FN4O3S/c1-17-3-7-19(8-4-17)26(30(28,29)20-9-5-18(22)6-10-20)15-21(27)24-11-2-13-25-14-12-23-16-25/h3-10,12,14,16H,2,11,13,15H2,1H3,(H,24,27). The number of nitrogens with zero attached hydrogens (tertiary/aromatic N) is 3. The quantitative estimate of drug-likeness (QED) is 0.529. The molecule has 1 heterocycles. The average Bonchev–Trinajstić information content (AvgIpc) is 3.24. The molecule has 7 nitrogen and oxygen atoms in total. The first-order valence-corrected chi connectivity index (χ1v) is 10.9. The van der Waals surface area contributed by atoms with Gasteiger partial charge in [0.1, 0.15) is 12.4 Å². The van der Waals surface area contributed by atoms with Crippen LogP contribution < -0.4 is 9.62 Å². The summed E-state index contributed by atoms with van der Waals surface area (Å²) < 4.78 is 42.5. The normalized spacial score (nSPS) is 11.3. The summed E-state index contributed by atoms with van der Waals surface area (Å²) in [6.07, 6.45) is 5.88. The lowest BCUT2D eigenvalue weighted by atomic mass is 10.2. The fourth-order valence-corrected chi connectivity index (χ4v) is 4.28. The summed E-state index contributed by atoms with van der Waals surface area (Å²) in [5, 5.41) is 2.75. The van der Waals surface area contributed by atoms with Crippen LogP contribution in [0.25, 0.3) is 0 Å². The molecule has 0 saturated carbocycles. The Hall–Kier alpha value is -3.20. The number of benzene rings is 2. The van der Waals surface area contributed by atoms with Crippen molar-refractivity contribution >= 4 is 21.6 Å². The number of carbonyl (C=O) groups excluding carboxylic acids is 1. The SMILES string of the molecule is Cc1ccc(N(CC(=O)NCCCn2ccnc2)S(=O)(=O)c2ccc(F)cc2)cc1. The molecule has 0 aliphatic rings. The molecule has 30 heavy (non-hydrogen) atoms. The number of hydrogen-bond donors (Lipinski definition) is 1. The fourth-order valence-electron chi connectivity index (χ4n) is 2.85. The Morgan fingerprint density at radius 1 is 1.13 bits per heavy atom. The minimum absolute atomic E-state index is 0.0858. The maximum absolute atomic E-state index is 13.3. The molecule has 9 heteroatoms. The zero-order valence-electron chi connectivity index (χ0n) is 16.5. The summed E-state index contributed by atoms with van der Waals surface area (Å²) >= 11 is 0. The number of amides is 1. The Bertz CT molecular complexity index is 1070. The van der Waals surface area contributed by atoms with Crippen molar-refractivity contribution in [1.29, 1.82) is 0 Å². The number of sulfonamides is 1. The zero-order chi connectivity index (χ0) is 21.6. The van der Waals surface area contributed by atoms with Crippen LogP contribution in [0, 0.1) is 12.7 Å². The van der Waals surface area contributed by atoms with E-state index in [9.17, 15) is 17.6 Å². The minimum Gasteiger partial charge on any atom is -0.354 e. The molecular weight excluding hydrogens is 407 g/mol. The average molecular weight is 431 g/mol. The lowest BCUT2D eigenvalue weighted by Gasteiger charge is -2.24. The molecule has 1 amide bonds. The highest BCUT2D eigenvalue weighted by Gasteiger charge is 2.27. The molecule has 1 N–H and O–H groups in total. The van der Waals surface area contributed by atoms with E-state index in [1.807, 2.05) is 17.7 Å². The lowest BCUT2D eigenvalue weighted by molar-refractivity contribution is -0.119. The van der Waals surface area contributed by atoms with Gasteiger partial charge in [-0.1, -0.05) is 17.7 Å². The van der Waals surface area contributed by atoms with Crippen LogP contribution in [0.3, 0.4) is 0 Å². The highest BCUT2D eigenvalue weighted by atomic mass is 32.2. The Morgan fingerprint density at radius 2 is 1.83 bits per heavy atom. The number of carbonyl (C=O) groups is 1. The molecule has 0 aliphatic heterocycles. The summed E-state index contributed by atoms with van der Waals surface area (Å²) in [4.78, 5) is 16.4. The smallest absolute Gasteiger partial charge is 0.264 e. The molecule has 3 rings (SSSR count). The molecule has 0 aliphatic carbocycles. The number of hydrogen-bond acceptors (Lipinski definition) is 4. The largest absolute Gasteiger partial charge is 0.354 e. The van der Waals surface area contributed by atoms with Gasteiger partial charge in [-0.15, -0.1) is 0 Å². The first-order valence-electron chi connectivity index (χ1n) is 9.44. The second kappa shape index (κ2) is 9.53. The van der Waals surface area contributed by atoms with Crippen molar-refractivity contribution in [1.82, 2.24) is 14.9 Å². The summed E-state index contributed by atoms with van der Waals surface area (Å²) in [6.45, 7) is 2.59. The highest BCUT2D eigenvalue weighted by Crippen LogP contribution is 2.24. The molecule has 1 aromatic heterocycles. The van der Waals surface area contributed by atoms with Crippen LogP contribution in [0.4, 0.5) is 10.1 Å². The molecule has 0 atom stereocenters. The van der Waals surface area contributed by atoms with Crippen molar-refractivity contribution in [3.8, 4) is 0 Å². The van der Waals surface area contributed by atoms with Crippen molar-refractivity contribution < 1.29 is 17.6 Å². The Labute approximate surface area is 175 Å². The number of rotatable bonds is 9. The molecule has 3 aromatic rings. The third kappa shape index (κ3) is 5.44. The zero-order valence-corrected chi connectivity index (χ0v) is 17.3. The van der Waals surface area contributed by atoms with Crippen LogP contribution >= 0.6 is 0 Å². The first-order chi connectivity index (χ1) is 14.4. The van der Waals surface area contributed by atoms with Crippen LogP contribution in [-0.2, 0) is 21.4 Å². The maximum Gasteiger partial charge on any atom is 0.264 e. The van der Waals surface area contributed by atoms with Gasteiger partial charge in [0, 0.05) is 25.5 Å². The van der Waals surface area contributed by atoms with Gasteiger partial charge in [0.25, 0.3) is 10.0 Å². The van der Waals surface area contributed by atoms with Crippen LogP contribution in [0.1, 0.15) is 12.0 Å². The predicted molar refractivity (Wildman–Crippen MR) is 112 cm³/mol. The van der Waals surface area contributed by atoms with Crippen LogP contribution in [0.2, 0.25) is 0 Å². The van der Waals surface area contributed by atoms with E-state index in [-0.39, 0.29) is 11.4 Å². The molecular formula is C21H23FN4O3S. The second-order valence-corrected chi connectivity index (χ2v) is 8.67. The van der Waals surface area contributed by atoms with Gasteiger partial charge in [0.2, 0.25) is 5.91 Å². The van der Waals surface area contributed by atoms with Gasteiger partial charge in [-0.05, 0) is 49.7 Å². The third-order valence-electron chi connectivity index (χ3n) is 4.49. The fraction of sp³-hybridized carbons (Fsp3) is 0.238. The van der Waals surface area contributed by atoms with Crippen LogP contribution in [0.5, 0.6) is 0 Å². The van der Waals surface area contributed by atoms with Gasteiger partial charge in [0.15, 0.2) is 0 Å². The van der Waals surface area contributed by atoms with Crippen molar-refractivity contribution in [2.45, 2.75) is 24.8 Å². The Morgan fingerprint density at radius 3 is 2.47 bits per heavy atom. The van der Waals surface area contributed by atoms with Gasteiger partial charge < -0.3 is 9.88 Å². The van der Waals surface area contributed by atoms with E-state index >= 15 is 0 Å². The second-order valence-electron chi connectivity index (χ2n) is 6.81. The highest BCUT2D eigenvalue weighted by molar-refractivity contribution is 7.92. The molecule has 0 radical (unpaired) electrons. The van der Waals surface area contributed by atoms with Crippen molar-refractivity contribution in [3.63, 3.8) is 0 Å². The molecule has 158 valence electrons. The number of halogens is 1. The van der Waals surface area contributed by atoms with Crippen molar-refractivity contribution in [2.75, 3.05) is 17.4 Å². The van der Waals surface area contributed by atoms with E-state index in [1.165, 1.54) is 12.1 Å². The number of nitrogens with one attached hydrogen (secondary N) is 1. The maximum atomic E-state index is 13.3. The van der Waals surface area contributed by atoms with Gasteiger partial charge in [-0.25, -0.2) is 17.8 Å². The predicted octanol–water partition coefficient (Wildman–Crippen LogP) is 2.73. The van der Waals surface area contributed by atoms with Gasteiger partial charge in [-0.2, -0.15) is 0 Å². The topological polar surface area (TPSA) is 84.3 Å². The summed E-state index contributed by atoms with van der Waals surface area (Å²) in [5.74, 6) is -0.960. The van der Waals surface area contributed by atoms with E-state index in [1.54, 1.807) is 36.8 Å². The van der Waals surface area contributed by atoms with Crippen LogP contribution in [-0.4, -0.2) is 37.0 Å². The summed E-state index contributed by atoms with van der Waals surface area (Å²) in [6, 6.07) is 11.4. The van der Waals surface area contributed by atoms with Crippen molar-refractivity contribution in [2.24, 2.45) is 0 Å². The molecule has 2 aromatic carbocycles. The Balaban J connectivity index is 1.73. The number of anilines is 1. The van der Waals surface area contributed by atoms with E-state index in [2.05, 4.69) is 10.3 Å². The van der Waals surface area contributed by atoms with E-state index in [0.717, 1.165) is 22.0 Å². The molecule has 0 bridgehead atoms.